The number of carbonyl (C=O) groups excluding carboxylic acids is 1. The van der Waals surface area contributed by atoms with Crippen molar-refractivity contribution in [1.29, 1.82) is 0 Å². The third-order valence-corrected chi connectivity index (χ3v) is 3.42. The third kappa shape index (κ3) is 5.16. The summed E-state index contributed by atoms with van der Waals surface area (Å²) in [6.07, 6.45) is 2.86. The highest BCUT2D eigenvalue weighted by Gasteiger charge is 2.23. The summed E-state index contributed by atoms with van der Waals surface area (Å²) in [5, 5.41) is 10.7. The fourth-order valence-corrected chi connectivity index (χ4v) is 2.46. The maximum absolute atomic E-state index is 12.0. The number of rotatable bonds is 6. The van der Waals surface area contributed by atoms with Crippen LogP contribution >= 0.6 is 0 Å². The lowest BCUT2D eigenvalue weighted by Gasteiger charge is -2.21. The number of aryl methyl sites for hydroxylation is 1. The minimum absolute atomic E-state index is 0.00116. The molecule has 0 spiro atoms. The molecule has 0 bridgehead atoms. The molecular formula is C16H30N4O. The first-order valence-electron chi connectivity index (χ1n) is 7.63. The van der Waals surface area contributed by atoms with Crippen molar-refractivity contribution >= 4 is 5.91 Å². The summed E-state index contributed by atoms with van der Waals surface area (Å²) in [6, 6.07) is -0.164. The lowest BCUT2D eigenvalue weighted by atomic mass is 9.89. The molecule has 0 aliphatic carbocycles. The number of likely N-dealkylation sites (N-methyl/N-ethyl adjacent to an activating group) is 1. The molecule has 5 heteroatoms. The van der Waals surface area contributed by atoms with Gasteiger partial charge in [0.05, 0.1) is 11.7 Å². The van der Waals surface area contributed by atoms with Gasteiger partial charge in [-0.3, -0.25) is 9.48 Å². The van der Waals surface area contributed by atoms with Crippen molar-refractivity contribution in [3.8, 4) is 0 Å². The Kier molecular flexibility index (Phi) is 5.96. The molecule has 5 nitrogen and oxygen atoms in total. The van der Waals surface area contributed by atoms with Crippen LogP contribution in [0.5, 0.6) is 0 Å². The van der Waals surface area contributed by atoms with Gasteiger partial charge in [-0.05, 0) is 12.3 Å². The number of aromatic nitrogens is 2. The van der Waals surface area contributed by atoms with Crippen LogP contribution in [0.2, 0.25) is 0 Å². The summed E-state index contributed by atoms with van der Waals surface area (Å²) < 4.78 is 1.84. The van der Waals surface area contributed by atoms with Gasteiger partial charge in [-0.1, -0.05) is 34.6 Å². The summed E-state index contributed by atoms with van der Waals surface area (Å²) in [6.45, 7) is 11.4. The zero-order chi connectivity index (χ0) is 16.2. The van der Waals surface area contributed by atoms with Crippen molar-refractivity contribution < 1.29 is 4.79 Å². The number of amides is 1. The monoisotopic (exact) mass is 294 g/mol. The minimum atomic E-state index is -0.164. The van der Waals surface area contributed by atoms with E-state index in [-0.39, 0.29) is 17.4 Å². The van der Waals surface area contributed by atoms with E-state index in [1.807, 2.05) is 17.9 Å². The summed E-state index contributed by atoms with van der Waals surface area (Å²) in [4.78, 5) is 12.0. The van der Waals surface area contributed by atoms with Crippen LogP contribution in [0.1, 0.15) is 52.3 Å². The van der Waals surface area contributed by atoms with Gasteiger partial charge >= 0.3 is 0 Å². The second-order valence-electron chi connectivity index (χ2n) is 7.10. The molecule has 1 unspecified atom stereocenters. The Bertz CT molecular complexity index is 471. The zero-order valence-electron chi connectivity index (χ0n) is 14.4. The minimum Gasteiger partial charge on any atom is -0.358 e. The van der Waals surface area contributed by atoms with E-state index in [1.54, 1.807) is 7.05 Å². The van der Waals surface area contributed by atoms with Crippen LogP contribution < -0.4 is 10.6 Å². The normalized spacial score (nSPS) is 13.5. The number of nitrogens with zero attached hydrogens (tertiary/aromatic N) is 2. The highest BCUT2D eigenvalue weighted by molar-refractivity contribution is 5.81. The second kappa shape index (κ2) is 7.07. The van der Waals surface area contributed by atoms with E-state index in [0.717, 1.165) is 17.7 Å². The molecule has 1 heterocycles. The largest absolute Gasteiger partial charge is 0.358 e. The molecule has 0 aromatic carbocycles. The highest BCUT2D eigenvalue weighted by Crippen LogP contribution is 2.24. The first-order chi connectivity index (χ1) is 9.65. The van der Waals surface area contributed by atoms with Crippen LogP contribution in [0.3, 0.4) is 0 Å². The topological polar surface area (TPSA) is 59.0 Å². The molecule has 21 heavy (non-hydrogen) atoms. The fraction of sp³-hybridized carbons (Fsp3) is 0.750. The summed E-state index contributed by atoms with van der Waals surface area (Å²) in [5.41, 5.74) is 2.24. The molecule has 1 atom stereocenters. The Morgan fingerprint density at radius 3 is 2.48 bits per heavy atom. The first kappa shape index (κ1) is 17.7. The van der Waals surface area contributed by atoms with E-state index >= 15 is 0 Å². The van der Waals surface area contributed by atoms with Crippen molar-refractivity contribution in [2.75, 3.05) is 7.05 Å². The Morgan fingerprint density at radius 1 is 1.38 bits per heavy atom. The number of hydrogen-bond acceptors (Lipinski definition) is 3. The smallest absolute Gasteiger partial charge is 0.236 e. The van der Waals surface area contributed by atoms with Gasteiger partial charge in [0.1, 0.15) is 0 Å². The SMILES string of the molecule is CNC(=O)C(CC(C)C)NCc1cn(C)nc1C(C)(C)C. The number of hydrogen-bond donors (Lipinski definition) is 2. The van der Waals surface area contributed by atoms with Gasteiger partial charge in [-0.25, -0.2) is 0 Å². The Balaban J connectivity index is 2.83. The quantitative estimate of drug-likeness (QED) is 0.843. The van der Waals surface area contributed by atoms with Crippen molar-refractivity contribution in [2.45, 2.75) is 59.0 Å². The average Bonchev–Trinajstić information content (AvgIpc) is 2.74. The zero-order valence-corrected chi connectivity index (χ0v) is 14.4. The molecule has 1 aromatic heterocycles. The molecule has 0 saturated carbocycles. The van der Waals surface area contributed by atoms with E-state index in [2.05, 4.69) is 50.4 Å². The molecular weight excluding hydrogens is 264 g/mol. The van der Waals surface area contributed by atoms with E-state index in [0.29, 0.717) is 12.5 Å². The molecule has 0 aliphatic rings. The Labute approximate surface area is 128 Å². The van der Waals surface area contributed by atoms with Gasteiger partial charge in [0.15, 0.2) is 0 Å². The molecule has 0 fully saturated rings. The molecule has 2 N–H and O–H groups in total. The van der Waals surface area contributed by atoms with Crippen molar-refractivity contribution in [1.82, 2.24) is 20.4 Å². The van der Waals surface area contributed by atoms with Crippen molar-refractivity contribution in [2.24, 2.45) is 13.0 Å². The molecule has 1 rings (SSSR count). The van der Waals surface area contributed by atoms with Gasteiger partial charge in [0.2, 0.25) is 5.91 Å². The lowest BCUT2D eigenvalue weighted by Crippen LogP contribution is -2.43. The van der Waals surface area contributed by atoms with Crippen molar-refractivity contribution in [3.63, 3.8) is 0 Å². The van der Waals surface area contributed by atoms with Crippen LogP contribution in [0, 0.1) is 5.92 Å². The number of nitrogens with one attached hydrogen (secondary N) is 2. The summed E-state index contributed by atoms with van der Waals surface area (Å²) in [7, 11) is 3.62. The van der Waals surface area contributed by atoms with E-state index in [9.17, 15) is 4.79 Å². The van der Waals surface area contributed by atoms with Gasteiger partial charge in [0, 0.05) is 37.8 Å². The third-order valence-electron chi connectivity index (χ3n) is 3.42. The predicted octanol–water partition coefficient (Wildman–Crippen LogP) is 1.97. The highest BCUT2D eigenvalue weighted by atomic mass is 16.2. The van der Waals surface area contributed by atoms with Crippen LogP contribution in [-0.2, 0) is 23.8 Å². The maximum Gasteiger partial charge on any atom is 0.236 e. The van der Waals surface area contributed by atoms with E-state index in [4.69, 9.17) is 0 Å². The average molecular weight is 294 g/mol. The second-order valence-corrected chi connectivity index (χ2v) is 7.10. The molecule has 1 amide bonds. The van der Waals surface area contributed by atoms with Crippen LogP contribution in [0.15, 0.2) is 6.20 Å². The van der Waals surface area contributed by atoms with E-state index in [1.165, 1.54) is 0 Å². The van der Waals surface area contributed by atoms with Crippen LogP contribution in [0.25, 0.3) is 0 Å². The van der Waals surface area contributed by atoms with Gasteiger partial charge < -0.3 is 10.6 Å². The Hall–Kier alpha value is -1.36. The van der Waals surface area contributed by atoms with Crippen molar-refractivity contribution in [3.05, 3.63) is 17.5 Å². The predicted molar refractivity (Wildman–Crippen MR) is 86.1 cm³/mol. The Morgan fingerprint density at radius 2 is 2.00 bits per heavy atom. The van der Waals surface area contributed by atoms with Gasteiger partial charge in [-0.15, -0.1) is 0 Å². The fourth-order valence-electron chi connectivity index (χ4n) is 2.46. The molecule has 1 aromatic rings. The van der Waals surface area contributed by atoms with Gasteiger partial charge in [0.25, 0.3) is 0 Å². The van der Waals surface area contributed by atoms with Crippen LogP contribution in [0.4, 0.5) is 0 Å². The molecule has 0 saturated heterocycles. The summed E-state index contributed by atoms with van der Waals surface area (Å²) in [5.74, 6) is 0.515. The van der Waals surface area contributed by atoms with Crippen LogP contribution in [-0.4, -0.2) is 28.8 Å². The molecule has 0 aliphatic heterocycles. The molecule has 120 valence electrons. The number of carbonyl (C=O) groups is 1. The first-order valence-corrected chi connectivity index (χ1v) is 7.63. The summed E-state index contributed by atoms with van der Waals surface area (Å²) >= 11 is 0. The van der Waals surface area contributed by atoms with Gasteiger partial charge in [-0.2, -0.15) is 5.10 Å². The standard InChI is InChI=1S/C16H30N4O/c1-11(2)8-13(15(21)17-6)18-9-12-10-20(7)19-14(12)16(3,4)5/h10-11,13,18H,8-9H2,1-7H3,(H,17,21). The maximum atomic E-state index is 12.0. The van der Waals surface area contributed by atoms with E-state index < -0.39 is 0 Å². The lowest BCUT2D eigenvalue weighted by molar-refractivity contribution is -0.123. The molecule has 0 radical (unpaired) electrons.